The minimum Gasteiger partial charge on any atom is -0.461 e. The summed E-state index contributed by atoms with van der Waals surface area (Å²) in [4.78, 5) is 51.9. The number of hydrazone groups is 1. The number of hydrogen-bond acceptors (Lipinski definition) is 7. The van der Waals surface area contributed by atoms with Gasteiger partial charge in [0.25, 0.3) is 5.91 Å². The third kappa shape index (κ3) is 3.70. The lowest BCUT2D eigenvalue weighted by Gasteiger charge is -2.36. The first kappa shape index (κ1) is 22.2. The second-order valence-corrected chi connectivity index (χ2v) is 8.62. The highest BCUT2D eigenvalue weighted by Crippen LogP contribution is 2.41. The molecule has 0 N–H and O–H groups in total. The Balaban J connectivity index is 2.09. The van der Waals surface area contributed by atoms with Crippen LogP contribution in [-0.4, -0.2) is 52.5 Å². The molecule has 1 aromatic rings. The van der Waals surface area contributed by atoms with E-state index in [-0.39, 0.29) is 35.2 Å². The van der Waals surface area contributed by atoms with Crippen LogP contribution in [0.15, 0.2) is 23.3 Å². The van der Waals surface area contributed by atoms with Crippen LogP contribution >= 0.6 is 23.2 Å². The van der Waals surface area contributed by atoms with Crippen LogP contribution < -0.4 is 4.90 Å². The number of carbonyl (C=O) groups is 4. The molecule has 10 heteroatoms. The van der Waals surface area contributed by atoms with Gasteiger partial charge in [-0.05, 0) is 45.9 Å². The molecule has 1 saturated heterocycles. The third-order valence-corrected chi connectivity index (χ3v) is 5.52. The molecule has 0 saturated carbocycles. The summed E-state index contributed by atoms with van der Waals surface area (Å²) in [5.41, 5.74) is -0.916. The summed E-state index contributed by atoms with van der Waals surface area (Å²) < 4.78 is 5.05. The Kier molecular flexibility index (Phi) is 5.93. The number of imide groups is 1. The van der Waals surface area contributed by atoms with Gasteiger partial charge in [0.1, 0.15) is 17.7 Å². The van der Waals surface area contributed by atoms with Gasteiger partial charge >= 0.3 is 5.97 Å². The highest BCUT2D eigenvalue weighted by Gasteiger charge is 2.61. The van der Waals surface area contributed by atoms with Gasteiger partial charge in [0.2, 0.25) is 5.91 Å². The Morgan fingerprint density at radius 2 is 1.87 bits per heavy atom. The monoisotopic (exact) mass is 453 g/mol. The predicted octanol–water partition coefficient (Wildman–Crippen LogP) is 2.84. The van der Waals surface area contributed by atoms with Gasteiger partial charge in [0.05, 0.1) is 22.9 Å². The first-order valence-corrected chi connectivity index (χ1v) is 10.1. The molecule has 1 fully saturated rings. The Bertz CT molecular complexity index is 975. The lowest BCUT2D eigenvalue weighted by atomic mass is 9.92. The van der Waals surface area contributed by atoms with Crippen molar-refractivity contribution < 1.29 is 23.9 Å². The van der Waals surface area contributed by atoms with E-state index in [1.54, 1.807) is 20.8 Å². The largest absolute Gasteiger partial charge is 0.461 e. The van der Waals surface area contributed by atoms with Crippen molar-refractivity contribution in [1.82, 2.24) is 5.01 Å². The number of esters is 1. The minimum atomic E-state index is -1.16. The highest BCUT2D eigenvalue weighted by molar-refractivity contribution is 6.47. The van der Waals surface area contributed by atoms with Gasteiger partial charge < -0.3 is 4.74 Å². The molecular weight excluding hydrogens is 433 g/mol. The molecule has 2 atom stereocenters. The normalized spacial score (nSPS) is 21.1. The SMILES string of the molecule is CCOC(=O)C1=NN(C(C)(C)CC(C)=O)C2C(=O)N(c3ccc(Cl)cc3Cl)C(=O)C12. The van der Waals surface area contributed by atoms with Crippen LogP contribution in [0.25, 0.3) is 0 Å². The summed E-state index contributed by atoms with van der Waals surface area (Å²) in [7, 11) is 0. The van der Waals surface area contributed by atoms with Gasteiger partial charge in [0, 0.05) is 11.4 Å². The highest BCUT2D eigenvalue weighted by atomic mass is 35.5. The van der Waals surface area contributed by atoms with Crippen LogP contribution in [0.5, 0.6) is 0 Å². The minimum absolute atomic E-state index is 0.0684. The zero-order chi connectivity index (χ0) is 22.4. The number of amides is 2. The summed E-state index contributed by atoms with van der Waals surface area (Å²) in [5, 5.41) is 6.12. The van der Waals surface area contributed by atoms with E-state index in [2.05, 4.69) is 5.10 Å². The Labute approximate surface area is 183 Å². The molecule has 2 unspecified atom stereocenters. The molecule has 2 heterocycles. The predicted molar refractivity (Wildman–Crippen MR) is 112 cm³/mol. The second-order valence-electron chi connectivity index (χ2n) is 7.77. The van der Waals surface area contributed by atoms with Crippen molar-refractivity contribution >= 4 is 58.2 Å². The molecule has 0 aromatic heterocycles. The van der Waals surface area contributed by atoms with Crippen LogP contribution in [0.3, 0.4) is 0 Å². The average Bonchev–Trinajstić information content (AvgIpc) is 3.13. The fourth-order valence-corrected chi connectivity index (χ4v) is 4.38. The van der Waals surface area contributed by atoms with Gasteiger partial charge in [-0.25, -0.2) is 9.69 Å². The number of anilines is 1. The average molecular weight is 454 g/mol. The molecule has 2 aliphatic heterocycles. The van der Waals surface area contributed by atoms with Crippen LogP contribution in [0.2, 0.25) is 10.0 Å². The van der Waals surface area contributed by atoms with Crippen molar-refractivity contribution in [3.05, 3.63) is 28.2 Å². The van der Waals surface area contributed by atoms with E-state index in [1.165, 1.54) is 30.1 Å². The smallest absolute Gasteiger partial charge is 0.355 e. The van der Waals surface area contributed by atoms with Crippen LogP contribution in [0.4, 0.5) is 5.69 Å². The van der Waals surface area contributed by atoms with E-state index >= 15 is 0 Å². The van der Waals surface area contributed by atoms with Crippen molar-refractivity contribution in [2.24, 2.45) is 11.0 Å². The molecule has 160 valence electrons. The summed E-state index contributed by atoms with van der Waals surface area (Å²) in [5.74, 6) is -3.28. The number of Topliss-reactive ketones (excluding diaryl/α,β-unsaturated/α-hetero) is 1. The van der Waals surface area contributed by atoms with Gasteiger partial charge in [-0.2, -0.15) is 5.10 Å². The number of nitrogens with zero attached hydrogens (tertiary/aromatic N) is 3. The van der Waals surface area contributed by atoms with E-state index in [9.17, 15) is 19.2 Å². The topological polar surface area (TPSA) is 96.3 Å². The summed E-state index contributed by atoms with van der Waals surface area (Å²) in [6.07, 6.45) is 0.0684. The van der Waals surface area contributed by atoms with Gasteiger partial charge in [-0.3, -0.25) is 19.4 Å². The fourth-order valence-electron chi connectivity index (χ4n) is 3.89. The van der Waals surface area contributed by atoms with Crippen LogP contribution in [0.1, 0.15) is 34.1 Å². The van der Waals surface area contributed by atoms with E-state index in [4.69, 9.17) is 27.9 Å². The zero-order valence-electron chi connectivity index (χ0n) is 16.9. The number of fused-ring (bicyclic) bond motifs is 1. The number of hydrogen-bond donors (Lipinski definition) is 0. The summed E-state index contributed by atoms with van der Waals surface area (Å²) >= 11 is 12.2. The molecule has 3 rings (SSSR count). The third-order valence-electron chi connectivity index (χ3n) is 4.99. The zero-order valence-corrected chi connectivity index (χ0v) is 18.5. The van der Waals surface area contributed by atoms with Crippen molar-refractivity contribution in [1.29, 1.82) is 0 Å². The van der Waals surface area contributed by atoms with Crippen molar-refractivity contribution in [3.63, 3.8) is 0 Å². The van der Waals surface area contributed by atoms with Crippen molar-refractivity contribution in [2.75, 3.05) is 11.5 Å². The molecule has 30 heavy (non-hydrogen) atoms. The second kappa shape index (κ2) is 8.00. The van der Waals surface area contributed by atoms with Crippen LogP contribution in [0, 0.1) is 5.92 Å². The number of rotatable bonds is 6. The first-order chi connectivity index (χ1) is 14.0. The fraction of sp³-hybridized carbons (Fsp3) is 0.450. The molecule has 1 aromatic carbocycles. The van der Waals surface area contributed by atoms with E-state index in [0.717, 1.165) is 4.90 Å². The number of carbonyl (C=O) groups excluding carboxylic acids is 4. The maximum Gasteiger partial charge on any atom is 0.355 e. The number of halogens is 2. The van der Waals surface area contributed by atoms with Gasteiger partial charge in [-0.15, -0.1) is 0 Å². The maximum absolute atomic E-state index is 13.4. The molecule has 8 nitrogen and oxygen atoms in total. The van der Waals surface area contributed by atoms with E-state index in [1.807, 2.05) is 0 Å². The maximum atomic E-state index is 13.4. The molecule has 0 bridgehead atoms. The van der Waals surface area contributed by atoms with Crippen molar-refractivity contribution in [2.45, 2.75) is 45.7 Å². The lowest BCUT2D eigenvalue weighted by molar-refractivity contribution is -0.136. The van der Waals surface area contributed by atoms with Crippen LogP contribution in [-0.2, 0) is 23.9 Å². The Hall–Kier alpha value is -2.45. The quantitative estimate of drug-likeness (QED) is 0.485. The summed E-state index contributed by atoms with van der Waals surface area (Å²) in [6.45, 7) is 6.58. The van der Waals surface area contributed by atoms with E-state index in [0.29, 0.717) is 5.02 Å². The Morgan fingerprint density at radius 3 is 2.43 bits per heavy atom. The number of ketones is 1. The number of benzene rings is 1. The number of ether oxygens (including phenoxy) is 1. The molecule has 2 amide bonds. The standard InChI is InChI=1S/C20H21Cl2N3O5/c1-5-30-19(29)15-14-16(25(23-15)20(3,4)9-10(2)26)18(28)24(17(14)27)13-7-6-11(21)8-12(13)22/h6-8,14,16H,5,9H2,1-4H3. The molecule has 2 aliphatic rings. The van der Waals surface area contributed by atoms with Crippen molar-refractivity contribution in [3.8, 4) is 0 Å². The summed E-state index contributed by atoms with van der Waals surface area (Å²) in [6, 6.07) is 3.31. The lowest BCUT2D eigenvalue weighted by Crippen LogP contribution is -2.50. The Morgan fingerprint density at radius 1 is 1.20 bits per heavy atom. The van der Waals surface area contributed by atoms with Gasteiger partial charge in [0.15, 0.2) is 5.71 Å². The molecule has 0 aliphatic carbocycles. The molecule has 0 radical (unpaired) electrons. The van der Waals surface area contributed by atoms with E-state index < -0.39 is 35.3 Å². The van der Waals surface area contributed by atoms with Gasteiger partial charge in [-0.1, -0.05) is 23.2 Å². The first-order valence-electron chi connectivity index (χ1n) is 9.37. The molecular formula is C20H21Cl2N3O5. The molecule has 0 spiro atoms.